The molecule has 3 rings (SSSR count). The maximum atomic E-state index is 12.3. The van der Waals surface area contributed by atoms with Crippen molar-refractivity contribution < 1.29 is 22.7 Å². The minimum absolute atomic E-state index is 0.219. The van der Waals surface area contributed by atoms with E-state index in [0.717, 1.165) is 23.0 Å². The molecule has 1 aromatic heterocycles. The Hall–Kier alpha value is -3.01. The van der Waals surface area contributed by atoms with Crippen LogP contribution in [0, 0.1) is 0 Å². The van der Waals surface area contributed by atoms with Crippen molar-refractivity contribution in [3.8, 4) is 22.8 Å². The zero-order valence-corrected chi connectivity index (χ0v) is 16.1. The van der Waals surface area contributed by atoms with E-state index < -0.39 is 18.6 Å². The number of thioether (sulfide) groups is 1. The number of rotatable bonds is 7. The second-order valence-electron chi connectivity index (χ2n) is 5.89. The number of benzene rings is 2. The molecular weight excluding hydrogens is 405 g/mol. The summed E-state index contributed by atoms with van der Waals surface area (Å²) in [6.45, 7) is -1.37. The number of halogens is 3. The van der Waals surface area contributed by atoms with Gasteiger partial charge in [-0.15, -0.1) is 10.2 Å². The molecule has 152 valence electrons. The van der Waals surface area contributed by atoms with Crippen molar-refractivity contribution in [3.05, 3.63) is 54.6 Å². The minimum atomic E-state index is -4.45. The minimum Gasteiger partial charge on any atom is -0.497 e. The smallest absolute Gasteiger partial charge is 0.405 e. The monoisotopic (exact) mass is 422 g/mol. The fraction of sp³-hybridized carbons (Fsp3) is 0.211. The van der Waals surface area contributed by atoms with Gasteiger partial charge in [0.05, 0.1) is 12.9 Å². The molecule has 1 amide bonds. The summed E-state index contributed by atoms with van der Waals surface area (Å²) in [5, 5.41) is 10.6. The molecule has 0 aliphatic carbocycles. The van der Waals surface area contributed by atoms with Gasteiger partial charge in [0, 0.05) is 11.3 Å². The molecule has 0 fully saturated rings. The SMILES string of the molecule is COc1ccc(-c2nnc(SCC(=O)NCC(F)(F)F)n2-c2ccccc2)cc1. The van der Waals surface area contributed by atoms with Gasteiger partial charge in [0.2, 0.25) is 5.91 Å². The van der Waals surface area contributed by atoms with Gasteiger partial charge in [-0.2, -0.15) is 13.2 Å². The van der Waals surface area contributed by atoms with Crippen LogP contribution in [0.3, 0.4) is 0 Å². The standard InChI is InChI=1S/C19H17F3N4O2S/c1-28-15-9-7-13(8-10-15)17-24-25-18(26(17)14-5-3-2-4-6-14)29-11-16(27)23-12-19(20,21)22/h2-10H,11-12H2,1H3,(H,23,27). The van der Waals surface area contributed by atoms with Gasteiger partial charge < -0.3 is 10.1 Å². The van der Waals surface area contributed by atoms with Gasteiger partial charge in [0.25, 0.3) is 0 Å². The van der Waals surface area contributed by atoms with E-state index in [-0.39, 0.29) is 5.75 Å². The van der Waals surface area contributed by atoms with E-state index in [1.807, 2.05) is 47.8 Å². The summed E-state index contributed by atoms with van der Waals surface area (Å²) >= 11 is 1.01. The second kappa shape index (κ2) is 8.99. The Balaban J connectivity index is 1.85. The molecule has 2 aromatic carbocycles. The number of alkyl halides is 3. The van der Waals surface area contributed by atoms with E-state index in [1.54, 1.807) is 23.8 Å². The van der Waals surface area contributed by atoms with Gasteiger partial charge in [-0.1, -0.05) is 30.0 Å². The van der Waals surface area contributed by atoms with Gasteiger partial charge in [-0.3, -0.25) is 9.36 Å². The summed E-state index contributed by atoms with van der Waals surface area (Å²) < 4.78 is 43.7. The highest BCUT2D eigenvalue weighted by molar-refractivity contribution is 7.99. The van der Waals surface area contributed by atoms with Crippen molar-refractivity contribution in [2.45, 2.75) is 11.3 Å². The number of aromatic nitrogens is 3. The highest BCUT2D eigenvalue weighted by Gasteiger charge is 2.27. The summed E-state index contributed by atoms with van der Waals surface area (Å²) in [5.74, 6) is 0.275. The average Bonchev–Trinajstić information content (AvgIpc) is 3.15. The van der Waals surface area contributed by atoms with Crippen LogP contribution in [0.4, 0.5) is 13.2 Å². The largest absolute Gasteiger partial charge is 0.497 e. The van der Waals surface area contributed by atoms with Crippen LogP contribution in [0.25, 0.3) is 17.1 Å². The van der Waals surface area contributed by atoms with E-state index in [0.29, 0.717) is 16.7 Å². The number of nitrogens with zero attached hydrogens (tertiary/aromatic N) is 3. The first-order chi connectivity index (χ1) is 13.9. The van der Waals surface area contributed by atoms with Crippen LogP contribution < -0.4 is 10.1 Å². The lowest BCUT2D eigenvalue weighted by Gasteiger charge is -2.11. The summed E-state index contributed by atoms with van der Waals surface area (Å²) in [6, 6.07) is 16.5. The highest BCUT2D eigenvalue weighted by Crippen LogP contribution is 2.29. The molecule has 6 nitrogen and oxygen atoms in total. The molecular formula is C19H17F3N4O2S. The first kappa shape index (κ1) is 20.7. The number of hydrogen-bond acceptors (Lipinski definition) is 5. The van der Waals surface area contributed by atoms with Crippen LogP contribution in [0.15, 0.2) is 59.8 Å². The van der Waals surface area contributed by atoms with Crippen LogP contribution in [0.5, 0.6) is 5.75 Å². The molecule has 0 unspecified atom stereocenters. The van der Waals surface area contributed by atoms with Gasteiger partial charge in [0.1, 0.15) is 12.3 Å². The molecule has 0 spiro atoms. The molecule has 0 saturated heterocycles. The lowest BCUT2D eigenvalue weighted by atomic mass is 10.2. The van der Waals surface area contributed by atoms with Gasteiger partial charge >= 0.3 is 6.18 Å². The summed E-state index contributed by atoms with van der Waals surface area (Å²) in [7, 11) is 1.57. The maximum Gasteiger partial charge on any atom is 0.405 e. The molecule has 3 aromatic rings. The first-order valence-corrected chi connectivity index (χ1v) is 9.47. The second-order valence-corrected chi connectivity index (χ2v) is 6.83. The molecule has 29 heavy (non-hydrogen) atoms. The van der Waals surface area contributed by atoms with Crippen molar-refractivity contribution in [1.82, 2.24) is 20.1 Å². The lowest BCUT2D eigenvalue weighted by molar-refractivity contribution is -0.136. The Morgan fingerprint density at radius 2 is 1.79 bits per heavy atom. The fourth-order valence-corrected chi connectivity index (χ4v) is 3.26. The third-order valence-electron chi connectivity index (χ3n) is 3.81. The first-order valence-electron chi connectivity index (χ1n) is 8.49. The zero-order chi connectivity index (χ0) is 20.9. The maximum absolute atomic E-state index is 12.3. The Labute approximate surface area is 169 Å². The predicted octanol–water partition coefficient (Wildman–Crippen LogP) is 3.71. The average molecular weight is 422 g/mol. The summed E-state index contributed by atoms with van der Waals surface area (Å²) in [4.78, 5) is 11.8. The third kappa shape index (κ3) is 5.50. The van der Waals surface area contributed by atoms with Crippen LogP contribution in [-0.2, 0) is 4.79 Å². The van der Waals surface area contributed by atoms with Crippen molar-refractivity contribution in [1.29, 1.82) is 0 Å². The fourth-order valence-electron chi connectivity index (χ4n) is 2.48. The molecule has 1 N–H and O–H groups in total. The number of nitrogens with one attached hydrogen (secondary N) is 1. The lowest BCUT2D eigenvalue weighted by Crippen LogP contribution is -2.34. The number of ether oxygens (including phenoxy) is 1. The molecule has 0 radical (unpaired) electrons. The molecule has 1 heterocycles. The van der Waals surface area contributed by atoms with Gasteiger partial charge in [-0.05, 0) is 36.4 Å². The summed E-state index contributed by atoms with van der Waals surface area (Å²) in [6.07, 6.45) is -4.45. The molecule has 0 saturated carbocycles. The topological polar surface area (TPSA) is 69.0 Å². The number of hydrogen-bond donors (Lipinski definition) is 1. The number of amides is 1. The van der Waals surface area contributed by atoms with Crippen LogP contribution >= 0.6 is 11.8 Å². The molecule has 0 aliphatic heterocycles. The third-order valence-corrected chi connectivity index (χ3v) is 4.74. The van der Waals surface area contributed by atoms with Crippen molar-refractivity contribution in [2.75, 3.05) is 19.4 Å². The number of methoxy groups -OCH3 is 1. The van der Waals surface area contributed by atoms with Crippen molar-refractivity contribution >= 4 is 17.7 Å². The number of carbonyl (C=O) groups is 1. The van der Waals surface area contributed by atoms with E-state index in [2.05, 4.69) is 10.2 Å². The molecule has 0 bridgehead atoms. The van der Waals surface area contributed by atoms with Crippen LogP contribution in [0.2, 0.25) is 0 Å². The molecule has 10 heteroatoms. The number of para-hydroxylation sites is 1. The molecule has 0 aliphatic rings. The Morgan fingerprint density at radius 1 is 1.10 bits per heavy atom. The van der Waals surface area contributed by atoms with E-state index in [4.69, 9.17) is 4.74 Å². The Bertz CT molecular complexity index is 960. The number of carbonyl (C=O) groups excluding carboxylic acids is 1. The van der Waals surface area contributed by atoms with Crippen LogP contribution in [0.1, 0.15) is 0 Å². The van der Waals surface area contributed by atoms with E-state index in [9.17, 15) is 18.0 Å². The van der Waals surface area contributed by atoms with Crippen molar-refractivity contribution in [3.63, 3.8) is 0 Å². The molecule has 0 atom stereocenters. The predicted molar refractivity (Wildman–Crippen MR) is 103 cm³/mol. The van der Waals surface area contributed by atoms with Crippen LogP contribution in [-0.4, -0.2) is 46.3 Å². The highest BCUT2D eigenvalue weighted by atomic mass is 32.2. The Kier molecular flexibility index (Phi) is 6.42. The quantitative estimate of drug-likeness (QED) is 0.588. The normalized spacial score (nSPS) is 11.3. The van der Waals surface area contributed by atoms with E-state index >= 15 is 0 Å². The zero-order valence-electron chi connectivity index (χ0n) is 15.3. The van der Waals surface area contributed by atoms with E-state index in [1.165, 1.54) is 0 Å². The van der Waals surface area contributed by atoms with Gasteiger partial charge in [-0.25, -0.2) is 0 Å². The van der Waals surface area contributed by atoms with Gasteiger partial charge in [0.15, 0.2) is 11.0 Å². The van der Waals surface area contributed by atoms with Crippen molar-refractivity contribution in [2.24, 2.45) is 0 Å². The summed E-state index contributed by atoms with van der Waals surface area (Å²) in [5.41, 5.74) is 1.54. The Morgan fingerprint density at radius 3 is 2.41 bits per heavy atom.